The van der Waals surface area contributed by atoms with Crippen molar-refractivity contribution in [2.24, 2.45) is 0 Å². The predicted molar refractivity (Wildman–Crippen MR) is 120 cm³/mol. The van der Waals surface area contributed by atoms with Gasteiger partial charge in [0, 0.05) is 16.0 Å². The Kier molecular flexibility index (Phi) is 7.53. The highest BCUT2D eigenvalue weighted by Crippen LogP contribution is 2.32. The van der Waals surface area contributed by atoms with Gasteiger partial charge in [0.15, 0.2) is 0 Å². The van der Waals surface area contributed by atoms with Gasteiger partial charge < -0.3 is 15.0 Å². The Morgan fingerprint density at radius 2 is 1.83 bits per heavy atom. The molecule has 0 fully saturated rings. The normalized spacial score (nSPS) is 11.9. The number of aromatic amines is 1. The van der Waals surface area contributed by atoms with E-state index in [-0.39, 0.29) is 11.9 Å². The fourth-order valence-electron chi connectivity index (χ4n) is 2.82. The van der Waals surface area contributed by atoms with Gasteiger partial charge in [0.2, 0.25) is 0 Å². The summed E-state index contributed by atoms with van der Waals surface area (Å²) < 4.78 is 5.18. The number of carbonyl (C=O) groups is 1. The molecule has 1 unspecified atom stereocenters. The van der Waals surface area contributed by atoms with Crippen LogP contribution in [0.25, 0.3) is 0 Å². The van der Waals surface area contributed by atoms with Gasteiger partial charge in [-0.3, -0.25) is 4.79 Å². The molecule has 0 spiro atoms. The maximum Gasteiger partial charge on any atom is 0.254 e. The minimum Gasteiger partial charge on any atom is -0.497 e. The number of hydrogen-bond acceptors (Lipinski definition) is 3. The molecular formula is C22H22Cl2N2O2S. The minimum atomic E-state index is -0.146. The van der Waals surface area contributed by atoms with E-state index in [1.165, 1.54) is 17.3 Å². The zero-order valence-electron chi connectivity index (χ0n) is 16.2. The molecule has 2 N–H and O–H groups in total. The molecule has 4 nitrogen and oxygen atoms in total. The van der Waals surface area contributed by atoms with E-state index in [9.17, 15) is 4.79 Å². The first-order valence-corrected chi connectivity index (χ1v) is 10.8. The SMILES string of the molecule is COc1ccc(CCC(C)NC(=O)c2cc(Cl)[nH]c2Sc2ccc(Cl)cc2)cc1. The molecule has 3 aromatic rings. The van der Waals surface area contributed by atoms with Gasteiger partial charge in [-0.25, -0.2) is 0 Å². The van der Waals surface area contributed by atoms with Crippen molar-refractivity contribution in [3.63, 3.8) is 0 Å². The van der Waals surface area contributed by atoms with Crippen LogP contribution in [0.5, 0.6) is 5.75 Å². The summed E-state index contributed by atoms with van der Waals surface area (Å²) in [6, 6.07) is 17.1. The molecule has 7 heteroatoms. The van der Waals surface area contributed by atoms with E-state index >= 15 is 0 Å². The van der Waals surface area contributed by atoms with Gasteiger partial charge in [0.1, 0.15) is 10.9 Å². The van der Waals surface area contributed by atoms with Crippen molar-refractivity contribution < 1.29 is 9.53 Å². The highest BCUT2D eigenvalue weighted by Gasteiger charge is 2.18. The second kappa shape index (κ2) is 10.1. The maximum atomic E-state index is 12.8. The Morgan fingerprint density at radius 1 is 1.14 bits per heavy atom. The number of methoxy groups -OCH3 is 1. The molecule has 0 saturated carbocycles. The molecule has 152 valence electrons. The summed E-state index contributed by atoms with van der Waals surface area (Å²) in [6.45, 7) is 2.00. The zero-order valence-corrected chi connectivity index (χ0v) is 18.5. The maximum absolute atomic E-state index is 12.8. The van der Waals surface area contributed by atoms with E-state index in [1.54, 1.807) is 13.2 Å². The number of rotatable bonds is 8. The molecule has 3 rings (SSSR count). The van der Waals surface area contributed by atoms with Crippen molar-refractivity contribution in [2.75, 3.05) is 7.11 Å². The molecule has 29 heavy (non-hydrogen) atoms. The summed E-state index contributed by atoms with van der Waals surface area (Å²) in [6.07, 6.45) is 1.70. The fraction of sp³-hybridized carbons (Fsp3) is 0.227. The summed E-state index contributed by atoms with van der Waals surface area (Å²) >= 11 is 13.5. The quantitative estimate of drug-likeness (QED) is 0.429. The molecule has 0 aliphatic carbocycles. The Bertz CT molecular complexity index is 956. The van der Waals surface area contributed by atoms with Gasteiger partial charge in [-0.15, -0.1) is 0 Å². The van der Waals surface area contributed by atoms with Crippen LogP contribution in [0.2, 0.25) is 10.2 Å². The Labute approximate surface area is 184 Å². The molecule has 1 heterocycles. The first-order valence-electron chi connectivity index (χ1n) is 9.20. The molecule has 1 aromatic heterocycles. The number of H-pyrrole nitrogens is 1. The van der Waals surface area contributed by atoms with Gasteiger partial charge >= 0.3 is 0 Å². The largest absolute Gasteiger partial charge is 0.497 e. The molecule has 0 aliphatic rings. The lowest BCUT2D eigenvalue weighted by Crippen LogP contribution is -2.33. The van der Waals surface area contributed by atoms with Crippen LogP contribution in [0.1, 0.15) is 29.3 Å². The highest BCUT2D eigenvalue weighted by atomic mass is 35.5. The van der Waals surface area contributed by atoms with Crippen molar-refractivity contribution in [2.45, 2.75) is 35.7 Å². The second-order valence-corrected chi connectivity index (χ2v) is 8.60. The number of carbonyl (C=O) groups excluding carboxylic acids is 1. The summed E-state index contributed by atoms with van der Waals surface area (Å²) in [5.41, 5.74) is 1.74. The average molecular weight is 449 g/mol. The Morgan fingerprint density at radius 3 is 2.48 bits per heavy atom. The minimum absolute atomic E-state index is 0.0201. The molecular weight excluding hydrogens is 427 g/mol. The van der Waals surface area contributed by atoms with Crippen LogP contribution in [0.4, 0.5) is 0 Å². The molecule has 0 radical (unpaired) electrons. The van der Waals surface area contributed by atoms with Crippen LogP contribution in [0.3, 0.4) is 0 Å². The number of benzene rings is 2. The van der Waals surface area contributed by atoms with Crippen LogP contribution < -0.4 is 10.1 Å². The first-order chi connectivity index (χ1) is 13.9. The van der Waals surface area contributed by atoms with Crippen LogP contribution >= 0.6 is 35.0 Å². The summed E-state index contributed by atoms with van der Waals surface area (Å²) in [5, 5.41) is 4.86. The average Bonchev–Trinajstić information content (AvgIpc) is 3.08. The lowest BCUT2D eigenvalue weighted by atomic mass is 10.1. The van der Waals surface area contributed by atoms with Crippen LogP contribution in [0.15, 0.2) is 64.5 Å². The predicted octanol–water partition coefficient (Wildman–Crippen LogP) is 6.23. The lowest BCUT2D eigenvalue weighted by Gasteiger charge is -2.14. The van der Waals surface area contributed by atoms with Crippen LogP contribution in [-0.2, 0) is 6.42 Å². The second-order valence-electron chi connectivity index (χ2n) is 6.68. The summed E-state index contributed by atoms with van der Waals surface area (Å²) in [5.74, 6) is 0.692. The van der Waals surface area contributed by atoms with Gasteiger partial charge in [0.05, 0.1) is 17.7 Å². The lowest BCUT2D eigenvalue weighted by molar-refractivity contribution is 0.0935. The van der Waals surface area contributed by atoms with E-state index in [2.05, 4.69) is 10.3 Å². The number of amides is 1. The highest BCUT2D eigenvalue weighted by molar-refractivity contribution is 7.99. The molecule has 0 aliphatic heterocycles. The molecule has 0 bridgehead atoms. The Balaban J connectivity index is 1.60. The third-order valence-electron chi connectivity index (χ3n) is 4.43. The number of aryl methyl sites for hydroxylation is 1. The zero-order chi connectivity index (χ0) is 20.8. The van der Waals surface area contributed by atoms with Crippen LogP contribution in [-0.4, -0.2) is 24.0 Å². The number of ether oxygens (including phenoxy) is 1. The van der Waals surface area contributed by atoms with Gasteiger partial charge in [-0.2, -0.15) is 0 Å². The topological polar surface area (TPSA) is 54.1 Å². The first kappa shape index (κ1) is 21.6. The van der Waals surface area contributed by atoms with Crippen molar-refractivity contribution in [1.29, 1.82) is 0 Å². The van der Waals surface area contributed by atoms with E-state index in [0.717, 1.165) is 23.5 Å². The molecule has 0 saturated heterocycles. The fourth-order valence-corrected chi connectivity index (χ4v) is 4.14. The standard InChI is InChI=1S/C22H22Cl2N2O2S/c1-14(3-4-15-5-9-17(28-2)10-6-15)25-21(27)19-13-20(24)26-22(19)29-18-11-7-16(23)8-12-18/h5-14,26H,3-4H2,1-2H3,(H,25,27). The van der Waals surface area contributed by atoms with Gasteiger partial charge in [0.25, 0.3) is 5.91 Å². The number of aromatic nitrogens is 1. The van der Waals surface area contributed by atoms with Crippen molar-refractivity contribution in [3.05, 3.63) is 75.9 Å². The monoisotopic (exact) mass is 448 g/mol. The number of halogens is 2. The Hall–Kier alpha value is -2.08. The summed E-state index contributed by atoms with van der Waals surface area (Å²) in [4.78, 5) is 16.8. The van der Waals surface area contributed by atoms with E-state index in [1.807, 2.05) is 55.5 Å². The van der Waals surface area contributed by atoms with Crippen molar-refractivity contribution >= 4 is 40.9 Å². The molecule has 1 atom stereocenters. The number of nitrogens with one attached hydrogen (secondary N) is 2. The van der Waals surface area contributed by atoms with E-state index < -0.39 is 0 Å². The molecule has 1 amide bonds. The van der Waals surface area contributed by atoms with Crippen molar-refractivity contribution in [3.8, 4) is 5.75 Å². The third-order valence-corrected chi connectivity index (χ3v) is 5.92. The van der Waals surface area contributed by atoms with Crippen LogP contribution in [0, 0.1) is 0 Å². The van der Waals surface area contributed by atoms with Gasteiger partial charge in [-0.1, -0.05) is 47.1 Å². The van der Waals surface area contributed by atoms with E-state index in [0.29, 0.717) is 20.8 Å². The molecule has 2 aromatic carbocycles. The van der Waals surface area contributed by atoms with E-state index in [4.69, 9.17) is 27.9 Å². The summed E-state index contributed by atoms with van der Waals surface area (Å²) in [7, 11) is 1.65. The number of hydrogen-bond donors (Lipinski definition) is 2. The smallest absolute Gasteiger partial charge is 0.254 e. The van der Waals surface area contributed by atoms with Crippen molar-refractivity contribution in [1.82, 2.24) is 10.3 Å². The third kappa shape index (κ3) is 6.20. The van der Waals surface area contributed by atoms with Gasteiger partial charge in [-0.05, 0) is 67.8 Å².